The molecule has 82 valence electrons. The van der Waals surface area contributed by atoms with Crippen molar-refractivity contribution in [2.75, 3.05) is 6.26 Å². The minimum absolute atomic E-state index is 0.0772. The third-order valence-electron chi connectivity index (χ3n) is 2.06. The van der Waals surface area contributed by atoms with E-state index in [0.29, 0.717) is 6.42 Å². The van der Waals surface area contributed by atoms with Gasteiger partial charge in [-0.25, -0.2) is 0 Å². The topological polar surface area (TPSA) is 59.1 Å². The van der Waals surface area contributed by atoms with Gasteiger partial charge < -0.3 is 10.5 Å². The van der Waals surface area contributed by atoms with Crippen LogP contribution in [-0.4, -0.2) is 18.2 Å². The van der Waals surface area contributed by atoms with E-state index in [9.17, 15) is 0 Å². The number of hydrogen-bond acceptors (Lipinski definition) is 3. The molecular weight excluding hydrogens is 208 g/mol. The summed E-state index contributed by atoms with van der Waals surface area (Å²) in [5.74, 6) is 0.875. The first-order chi connectivity index (χ1) is 7.19. The van der Waals surface area contributed by atoms with Gasteiger partial charge in [0.05, 0.1) is 0 Å². The Balaban J connectivity index is 2.82. The van der Waals surface area contributed by atoms with E-state index in [-0.39, 0.29) is 11.9 Å². The predicted molar refractivity (Wildman–Crippen MR) is 64.8 cm³/mol. The summed E-state index contributed by atoms with van der Waals surface area (Å²) >= 11 is 1.62. The Kier molecular flexibility index (Phi) is 4.49. The van der Waals surface area contributed by atoms with Gasteiger partial charge in [-0.15, -0.1) is 11.8 Å². The normalized spacial score (nSPS) is 12.1. The first kappa shape index (κ1) is 11.9. The quantitative estimate of drug-likeness (QED) is 0.459. The molecule has 1 atom stereocenters. The van der Waals surface area contributed by atoms with Crippen LogP contribution in [0.2, 0.25) is 0 Å². The van der Waals surface area contributed by atoms with Gasteiger partial charge in [-0.05, 0) is 24.8 Å². The summed E-state index contributed by atoms with van der Waals surface area (Å²) in [6.45, 7) is 1.95. The van der Waals surface area contributed by atoms with Crippen LogP contribution in [0.25, 0.3) is 0 Å². The molecule has 0 amide bonds. The zero-order valence-electron chi connectivity index (χ0n) is 8.99. The molecule has 3 N–H and O–H groups in total. The molecule has 0 fully saturated rings. The van der Waals surface area contributed by atoms with E-state index in [0.717, 1.165) is 10.6 Å². The number of benzene rings is 1. The van der Waals surface area contributed by atoms with Gasteiger partial charge in [-0.1, -0.05) is 19.1 Å². The van der Waals surface area contributed by atoms with Crippen LogP contribution in [0.15, 0.2) is 29.2 Å². The smallest absolute Gasteiger partial charge is 0.155 e. The molecule has 1 rings (SSSR count). The first-order valence-electron chi connectivity index (χ1n) is 4.82. The summed E-state index contributed by atoms with van der Waals surface area (Å²) in [7, 11) is 0. The zero-order valence-corrected chi connectivity index (χ0v) is 9.80. The predicted octanol–water partition coefficient (Wildman–Crippen LogP) is 2.50. The number of hydrogen-bond donors (Lipinski definition) is 2. The number of nitrogens with two attached hydrogens (primary N) is 1. The lowest BCUT2D eigenvalue weighted by molar-refractivity contribution is 0.254. The minimum atomic E-state index is -0.321. The van der Waals surface area contributed by atoms with Crippen molar-refractivity contribution in [3.63, 3.8) is 0 Å². The summed E-state index contributed by atoms with van der Waals surface area (Å²) in [5.41, 5.74) is 5.44. The molecule has 1 aromatic rings. The average Bonchev–Trinajstić information content (AvgIpc) is 2.25. The molecule has 0 saturated carbocycles. The van der Waals surface area contributed by atoms with Crippen molar-refractivity contribution in [1.29, 1.82) is 5.41 Å². The number of amidine groups is 1. The van der Waals surface area contributed by atoms with Crippen LogP contribution in [0, 0.1) is 5.41 Å². The van der Waals surface area contributed by atoms with Crippen LogP contribution in [0.5, 0.6) is 5.75 Å². The molecule has 0 aliphatic rings. The first-order valence-corrected chi connectivity index (χ1v) is 6.05. The Bertz CT molecular complexity index is 341. The molecule has 0 saturated heterocycles. The van der Waals surface area contributed by atoms with Gasteiger partial charge in [0.15, 0.2) is 6.10 Å². The molecule has 0 bridgehead atoms. The van der Waals surface area contributed by atoms with Crippen molar-refractivity contribution in [1.82, 2.24) is 0 Å². The van der Waals surface area contributed by atoms with Crippen molar-refractivity contribution in [2.45, 2.75) is 24.3 Å². The Morgan fingerprint density at radius 1 is 1.53 bits per heavy atom. The molecule has 0 spiro atoms. The minimum Gasteiger partial charge on any atom is -0.481 e. The van der Waals surface area contributed by atoms with Gasteiger partial charge in [0.2, 0.25) is 0 Å². The van der Waals surface area contributed by atoms with Crippen LogP contribution in [-0.2, 0) is 0 Å². The van der Waals surface area contributed by atoms with E-state index < -0.39 is 0 Å². The standard InChI is InChI=1S/C11H16N2OS/c1-3-8(11(12)13)14-9-6-4-5-7-10(9)15-2/h4-8H,3H2,1-2H3,(H3,12,13). The SMILES string of the molecule is CCC(Oc1ccccc1SC)C(=N)N. The van der Waals surface area contributed by atoms with Crippen molar-refractivity contribution < 1.29 is 4.74 Å². The van der Waals surface area contributed by atoms with Crippen molar-refractivity contribution >= 4 is 17.6 Å². The van der Waals surface area contributed by atoms with Crippen LogP contribution in [0.1, 0.15) is 13.3 Å². The maximum atomic E-state index is 7.37. The second-order valence-electron chi connectivity index (χ2n) is 3.12. The van der Waals surface area contributed by atoms with Gasteiger partial charge in [-0.2, -0.15) is 0 Å². The highest BCUT2D eigenvalue weighted by Gasteiger charge is 2.12. The fraction of sp³-hybridized carbons (Fsp3) is 0.364. The molecule has 15 heavy (non-hydrogen) atoms. The lowest BCUT2D eigenvalue weighted by atomic mass is 10.2. The number of nitrogens with one attached hydrogen (secondary N) is 1. The van der Waals surface area contributed by atoms with E-state index in [1.807, 2.05) is 37.4 Å². The average molecular weight is 224 g/mol. The summed E-state index contributed by atoms with van der Waals surface area (Å²) < 4.78 is 5.68. The molecule has 0 radical (unpaired) electrons. The molecule has 0 heterocycles. The highest BCUT2D eigenvalue weighted by molar-refractivity contribution is 7.98. The van der Waals surface area contributed by atoms with Crippen LogP contribution >= 0.6 is 11.8 Å². The van der Waals surface area contributed by atoms with Gasteiger partial charge in [0.1, 0.15) is 11.6 Å². The molecule has 1 unspecified atom stereocenters. The molecule has 0 aliphatic heterocycles. The van der Waals surface area contributed by atoms with Crippen LogP contribution < -0.4 is 10.5 Å². The maximum absolute atomic E-state index is 7.37. The number of thioether (sulfide) groups is 1. The molecular formula is C11H16N2OS. The van der Waals surface area contributed by atoms with E-state index >= 15 is 0 Å². The number of para-hydroxylation sites is 1. The van der Waals surface area contributed by atoms with Crippen LogP contribution in [0.4, 0.5) is 0 Å². The maximum Gasteiger partial charge on any atom is 0.155 e. The molecule has 0 aromatic heterocycles. The molecule has 1 aromatic carbocycles. The van der Waals surface area contributed by atoms with Gasteiger partial charge >= 0.3 is 0 Å². The van der Waals surface area contributed by atoms with Crippen molar-refractivity contribution in [2.24, 2.45) is 5.73 Å². The fourth-order valence-corrected chi connectivity index (χ4v) is 1.77. The van der Waals surface area contributed by atoms with E-state index in [1.54, 1.807) is 11.8 Å². The van der Waals surface area contributed by atoms with Gasteiger partial charge in [-0.3, -0.25) is 5.41 Å². The summed E-state index contributed by atoms with van der Waals surface area (Å²) in [4.78, 5) is 1.07. The third-order valence-corrected chi connectivity index (χ3v) is 2.83. The number of rotatable bonds is 5. The Hall–Kier alpha value is -1.16. The summed E-state index contributed by atoms with van der Waals surface area (Å²) in [5, 5.41) is 7.37. The second-order valence-corrected chi connectivity index (χ2v) is 3.97. The highest BCUT2D eigenvalue weighted by Crippen LogP contribution is 2.27. The second kappa shape index (κ2) is 5.66. The fourth-order valence-electron chi connectivity index (χ4n) is 1.24. The van der Waals surface area contributed by atoms with Crippen molar-refractivity contribution in [3.05, 3.63) is 24.3 Å². The van der Waals surface area contributed by atoms with Gasteiger partial charge in [0, 0.05) is 4.90 Å². The lowest BCUT2D eigenvalue weighted by Gasteiger charge is -2.17. The van der Waals surface area contributed by atoms with Gasteiger partial charge in [0.25, 0.3) is 0 Å². The Morgan fingerprint density at radius 2 is 2.20 bits per heavy atom. The monoisotopic (exact) mass is 224 g/mol. The van der Waals surface area contributed by atoms with E-state index in [2.05, 4.69) is 0 Å². The van der Waals surface area contributed by atoms with E-state index in [4.69, 9.17) is 15.9 Å². The lowest BCUT2D eigenvalue weighted by Crippen LogP contribution is -2.32. The molecule has 3 nitrogen and oxygen atoms in total. The zero-order chi connectivity index (χ0) is 11.3. The third kappa shape index (κ3) is 3.16. The summed E-state index contributed by atoms with van der Waals surface area (Å²) in [6.07, 6.45) is 2.38. The summed E-state index contributed by atoms with van der Waals surface area (Å²) in [6, 6.07) is 7.78. The van der Waals surface area contributed by atoms with Crippen molar-refractivity contribution in [3.8, 4) is 5.75 Å². The van der Waals surface area contributed by atoms with Crippen LogP contribution in [0.3, 0.4) is 0 Å². The highest BCUT2D eigenvalue weighted by atomic mass is 32.2. The largest absolute Gasteiger partial charge is 0.481 e. The number of ether oxygens (including phenoxy) is 1. The Labute approximate surface area is 94.5 Å². The molecule has 0 aliphatic carbocycles. The van der Waals surface area contributed by atoms with E-state index in [1.165, 1.54) is 0 Å². The Morgan fingerprint density at radius 3 is 2.73 bits per heavy atom. The molecule has 4 heteroatoms.